The summed E-state index contributed by atoms with van der Waals surface area (Å²) in [4.78, 5) is 53.8. The van der Waals surface area contributed by atoms with E-state index in [1.165, 1.54) is 38.3 Å². The van der Waals surface area contributed by atoms with Gasteiger partial charge in [-0.25, -0.2) is 9.18 Å². The maximum Gasteiger partial charge on any atom is 0.341 e. The summed E-state index contributed by atoms with van der Waals surface area (Å²) in [6, 6.07) is 6.35. The molecule has 5 rings (SSSR count). The Morgan fingerprint density at radius 2 is 1.72 bits per heavy atom. The molecule has 0 atom stereocenters. The van der Waals surface area contributed by atoms with Crippen molar-refractivity contribution < 1.29 is 45.4 Å². The molecule has 2 aliphatic rings. The topological polar surface area (TPSA) is 116 Å². The Bertz CT molecular complexity index is 1620. The van der Waals surface area contributed by atoms with E-state index in [-0.39, 0.29) is 52.3 Å². The van der Waals surface area contributed by atoms with Gasteiger partial charge in [0.05, 0.1) is 11.2 Å². The number of rotatable bonds is 14. The number of carbonyl (C=O) groups is 3. The van der Waals surface area contributed by atoms with Crippen LogP contribution in [0.5, 0.6) is 0 Å². The highest BCUT2D eigenvalue weighted by atomic mass is 79.9. The fraction of sp³-hybridized carbons (Fsp3) is 0.500. The van der Waals surface area contributed by atoms with Crippen molar-refractivity contribution in [2.24, 2.45) is 0 Å². The summed E-state index contributed by atoms with van der Waals surface area (Å²) in [7, 11) is 0. The van der Waals surface area contributed by atoms with Crippen molar-refractivity contribution in [3.63, 3.8) is 0 Å². The van der Waals surface area contributed by atoms with Crippen LogP contribution in [0.2, 0.25) is 0 Å². The Morgan fingerprint density at radius 1 is 1.02 bits per heavy atom. The van der Waals surface area contributed by atoms with E-state index in [9.17, 15) is 24.3 Å². The molecule has 1 aliphatic carbocycles. The normalized spacial score (nSPS) is 14.7. The highest BCUT2D eigenvalue weighted by molar-refractivity contribution is 5.94. The molecule has 0 bridgehead atoms. The van der Waals surface area contributed by atoms with Crippen molar-refractivity contribution in [3.05, 3.63) is 70.0 Å². The average molecular weight is 701 g/mol. The maximum absolute atomic E-state index is 15.4. The number of amides is 2. The lowest BCUT2D eigenvalue weighted by Gasteiger charge is -2.36. The molecule has 2 amide bonds. The number of unbranched alkanes of at least 4 members (excludes halogenated alkanes) is 6. The van der Waals surface area contributed by atoms with Gasteiger partial charge in [0.15, 0.2) is 12.4 Å². The minimum Gasteiger partial charge on any atom is -1.00 e. The number of piperazine rings is 1. The van der Waals surface area contributed by atoms with Crippen LogP contribution in [0.15, 0.2) is 47.7 Å². The van der Waals surface area contributed by atoms with Gasteiger partial charge in [-0.3, -0.25) is 14.4 Å². The molecule has 1 aliphatic heterocycles. The molecule has 2 fully saturated rings. The smallest absolute Gasteiger partial charge is 0.341 e. The standard InChI is InChI=1S/C34H42FN5O5.BrH/c1-2-3-4-5-6-7-8-13-36-31(41)23-37-14-9-10-24(21-37)33(43)39-17-15-38(16-18-39)30-20-29-26(19-28(30)35)32(42)27(34(44)45)22-40(29)25-11-12-25;/h9-10,14,19-22,25H,2-8,11-13,15-18,23H2,1H3,(H-,36,41,44,45);1H. The summed E-state index contributed by atoms with van der Waals surface area (Å²) in [5.74, 6) is -2.17. The van der Waals surface area contributed by atoms with Crippen molar-refractivity contribution in [3.8, 4) is 0 Å². The third-order valence-electron chi connectivity index (χ3n) is 8.71. The molecule has 2 aromatic heterocycles. The number of aromatic carboxylic acids is 1. The van der Waals surface area contributed by atoms with Crippen molar-refractivity contribution in [1.82, 2.24) is 14.8 Å². The van der Waals surface area contributed by atoms with Gasteiger partial charge in [0.25, 0.3) is 11.8 Å². The van der Waals surface area contributed by atoms with Crippen LogP contribution in [-0.2, 0) is 11.3 Å². The highest BCUT2D eigenvalue weighted by Gasteiger charge is 2.29. The van der Waals surface area contributed by atoms with E-state index in [1.807, 2.05) is 4.90 Å². The number of hydrogen-bond donors (Lipinski definition) is 2. The van der Waals surface area contributed by atoms with E-state index in [0.29, 0.717) is 49.5 Å². The lowest BCUT2D eigenvalue weighted by atomic mass is 10.1. The molecule has 248 valence electrons. The fourth-order valence-corrected chi connectivity index (χ4v) is 6.02. The Balaban J connectivity index is 0.00000480. The van der Waals surface area contributed by atoms with E-state index in [0.717, 1.165) is 31.7 Å². The van der Waals surface area contributed by atoms with Crippen molar-refractivity contribution in [2.75, 3.05) is 37.6 Å². The second-order valence-electron chi connectivity index (χ2n) is 12.2. The molecule has 1 saturated heterocycles. The summed E-state index contributed by atoms with van der Waals surface area (Å²) in [5.41, 5.74) is 0.265. The van der Waals surface area contributed by atoms with Crippen LogP contribution in [0, 0.1) is 5.82 Å². The third-order valence-corrected chi connectivity index (χ3v) is 8.71. The first-order valence-electron chi connectivity index (χ1n) is 16.2. The molecule has 12 heteroatoms. The Morgan fingerprint density at radius 3 is 2.39 bits per heavy atom. The van der Waals surface area contributed by atoms with Gasteiger partial charge in [0.1, 0.15) is 16.9 Å². The number of hydrogen-bond acceptors (Lipinski definition) is 5. The Kier molecular flexibility index (Phi) is 12.3. The summed E-state index contributed by atoms with van der Waals surface area (Å²) >= 11 is 0. The number of anilines is 1. The molecule has 2 N–H and O–H groups in total. The third kappa shape index (κ3) is 8.51. The number of nitrogens with one attached hydrogen (secondary N) is 1. The lowest BCUT2D eigenvalue weighted by molar-refractivity contribution is -0.684. The SMILES string of the molecule is CCCCCCCCCNC(=O)C[n+]1cccc(C(=O)N2CCN(c3cc4c(cc3F)c(=O)c(C(=O)O)cn4C3CC3)CC2)c1.[Br-]. The lowest BCUT2D eigenvalue weighted by Crippen LogP contribution is -3.00. The minimum absolute atomic E-state index is 0. The zero-order chi connectivity index (χ0) is 31.9. The number of aromatic nitrogens is 2. The van der Waals surface area contributed by atoms with Crippen LogP contribution in [-0.4, -0.2) is 65.1 Å². The number of fused-ring (bicyclic) bond motifs is 1. The number of carboxylic acids is 1. The van der Waals surface area contributed by atoms with Gasteiger partial charge in [-0.05, 0) is 37.5 Å². The van der Waals surface area contributed by atoms with Crippen LogP contribution in [0.4, 0.5) is 10.1 Å². The van der Waals surface area contributed by atoms with Crippen LogP contribution < -0.4 is 37.2 Å². The van der Waals surface area contributed by atoms with Gasteiger partial charge >= 0.3 is 5.97 Å². The predicted molar refractivity (Wildman–Crippen MR) is 169 cm³/mol. The summed E-state index contributed by atoms with van der Waals surface area (Å²) in [6.07, 6.45) is 14.9. The monoisotopic (exact) mass is 699 g/mol. The zero-order valence-corrected chi connectivity index (χ0v) is 27.9. The number of carbonyl (C=O) groups excluding carboxylic acids is 2. The second-order valence-corrected chi connectivity index (χ2v) is 12.2. The fourth-order valence-electron chi connectivity index (χ4n) is 6.02. The van der Waals surface area contributed by atoms with Crippen molar-refractivity contribution >= 4 is 34.4 Å². The molecule has 0 spiro atoms. The molecule has 1 saturated carbocycles. The molecular weight excluding hydrogens is 657 g/mol. The number of halogens is 2. The highest BCUT2D eigenvalue weighted by Crippen LogP contribution is 2.38. The quantitative estimate of drug-likeness (QED) is 0.194. The molecule has 0 radical (unpaired) electrons. The summed E-state index contributed by atoms with van der Waals surface area (Å²) in [6.45, 7) is 4.51. The largest absolute Gasteiger partial charge is 1.00 e. The molecule has 1 aromatic carbocycles. The molecule has 3 aromatic rings. The minimum atomic E-state index is -1.33. The van der Waals surface area contributed by atoms with E-state index in [2.05, 4.69) is 12.2 Å². The Hall–Kier alpha value is -3.80. The number of nitrogens with zero attached hydrogens (tertiary/aromatic N) is 4. The molecule has 10 nitrogen and oxygen atoms in total. The van der Waals surface area contributed by atoms with E-state index < -0.39 is 17.2 Å². The van der Waals surface area contributed by atoms with Gasteiger partial charge in [0, 0.05) is 56.4 Å². The van der Waals surface area contributed by atoms with Gasteiger partial charge in [-0.2, -0.15) is 4.57 Å². The van der Waals surface area contributed by atoms with Crippen LogP contribution in [0.25, 0.3) is 10.9 Å². The predicted octanol–water partition coefficient (Wildman–Crippen LogP) is 1.29. The molecule has 0 unspecified atom stereocenters. The van der Waals surface area contributed by atoms with Crippen molar-refractivity contribution in [1.29, 1.82) is 0 Å². The summed E-state index contributed by atoms with van der Waals surface area (Å²) in [5, 5.41) is 12.5. The first-order chi connectivity index (χ1) is 21.8. The second kappa shape index (κ2) is 16.2. The van der Waals surface area contributed by atoms with E-state index >= 15 is 4.39 Å². The first-order valence-corrected chi connectivity index (χ1v) is 16.2. The number of carboxylic acid groups (broad SMARTS) is 1. The number of pyridine rings is 2. The van der Waals surface area contributed by atoms with Gasteiger partial charge in [-0.15, -0.1) is 0 Å². The molecular formula is C34H43BrFN5O5. The first kappa shape index (κ1) is 35.1. The summed E-state index contributed by atoms with van der Waals surface area (Å²) < 4.78 is 18.8. The number of benzene rings is 1. The molecule has 3 heterocycles. The molecule has 46 heavy (non-hydrogen) atoms. The van der Waals surface area contributed by atoms with Gasteiger partial charge in [-0.1, -0.05) is 45.4 Å². The maximum atomic E-state index is 15.4. The van der Waals surface area contributed by atoms with Gasteiger partial charge in [0.2, 0.25) is 12.0 Å². The average Bonchev–Trinajstić information content (AvgIpc) is 3.88. The van der Waals surface area contributed by atoms with Crippen LogP contribution in [0.1, 0.15) is 91.5 Å². The zero-order valence-electron chi connectivity index (χ0n) is 26.4. The van der Waals surface area contributed by atoms with Gasteiger partial charge < -0.3 is 41.8 Å². The Labute approximate surface area is 279 Å². The van der Waals surface area contributed by atoms with Crippen LogP contribution >= 0.6 is 0 Å². The van der Waals surface area contributed by atoms with E-state index in [4.69, 9.17) is 0 Å². The van der Waals surface area contributed by atoms with E-state index in [1.54, 1.807) is 44.6 Å². The van der Waals surface area contributed by atoms with Crippen molar-refractivity contribution in [2.45, 2.75) is 77.3 Å². The van der Waals surface area contributed by atoms with Crippen LogP contribution in [0.3, 0.4) is 0 Å².